The minimum atomic E-state index is 0.567. The summed E-state index contributed by atoms with van der Waals surface area (Å²) in [4.78, 5) is 15.5. The van der Waals surface area contributed by atoms with Crippen molar-refractivity contribution in [1.29, 1.82) is 0 Å². The number of benzene rings is 7. The second kappa shape index (κ2) is 10.9. The number of para-hydroxylation sites is 3. The lowest BCUT2D eigenvalue weighted by Crippen LogP contribution is -2.06. The highest BCUT2D eigenvalue weighted by Crippen LogP contribution is 2.45. The van der Waals surface area contributed by atoms with Crippen molar-refractivity contribution in [1.82, 2.24) is 19.5 Å². The summed E-state index contributed by atoms with van der Waals surface area (Å²) in [6.07, 6.45) is 0. The molecule has 0 aliphatic carbocycles. The molecule has 0 N–H and O–H groups in total. The van der Waals surface area contributed by atoms with Gasteiger partial charge in [-0.25, -0.2) is 4.98 Å². The van der Waals surface area contributed by atoms with Crippen LogP contribution in [0.5, 0.6) is 0 Å². The minimum Gasteiger partial charge on any atom is -0.455 e. The molecular weight excluding hydrogens is 645 g/mol. The molecule has 6 heteroatoms. The Morgan fingerprint density at radius 1 is 0.431 bits per heavy atom. The van der Waals surface area contributed by atoms with Crippen LogP contribution in [0.4, 0.5) is 0 Å². The third kappa shape index (κ3) is 4.24. The van der Waals surface area contributed by atoms with Gasteiger partial charge in [0.25, 0.3) is 0 Å². The lowest BCUT2D eigenvalue weighted by molar-refractivity contribution is 0.670. The summed E-state index contributed by atoms with van der Waals surface area (Å²) in [5, 5.41) is 6.83. The van der Waals surface area contributed by atoms with E-state index in [1.807, 2.05) is 53.8 Å². The Kier molecular flexibility index (Phi) is 6.05. The Balaban J connectivity index is 1.19. The van der Waals surface area contributed by atoms with Gasteiger partial charge in [0.05, 0.1) is 11.0 Å². The average molecular weight is 671 g/mol. The van der Waals surface area contributed by atoms with E-state index in [0.717, 1.165) is 66.0 Å². The van der Waals surface area contributed by atoms with Gasteiger partial charge in [0.2, 0.25) is 5.95 Å². The zero-order valence-electron chi connectivity index (χ0n) is 27.1. The summed E-state index contributed by atoms with van der Waals surface area (Å²) in [6.45, 7) is 0. The van der Waals surface area contributed by atoms with Crippen molar-refractivity contribution in [2.45, 2.75) is 0 Å². The second-order valence-electron chi connectivity index (χ2n) is 12.8. The van der Waals surface area contributed by atoms with Crippen LogP contribution in [0.3, 0.4) is 0 Å². The van der Waals surface area contributed by atoms with Crippen molar-refractivity contribution in [2.75, 3.05) is 0 Å². The Bertz CT molecular complexity index is 3100. The monoisotopic (exact) mass is 670 g/mol. The van der Waals surface area contributed by atoms with Gasteiger partial charge < -0.3 is 4.42 Å². The summed E-state index contributed by atoms with van der Waals surface area (Å²) < 4.78 is 11.5. The Morgan fingerprint density at radius 3 is 1.86 bits per heavy atom. The van der Waals surface area contributed by atoms with Gasteiger partial charge >= 0.3 is 0 Å². The molecule has 0 amide bonds. The smallest absolute Gasteiger partial charge is 0.238 e. The van der Waals surface area contributed by atoms with Crippen molar-refractivity contribution >= 4 is 75.3 Å². The molecule has 4 aromatic heterocycles. The maximum absolute atomic E-state index is 6.80. The molecule has 238 valence electrons. The Labute approximate surface area is 295 Å². The van der Waals surface area contributed by atoms with Gasteiger partial charge in [0.15, 0.2) is 11.6 Å². The molecule has 51 heavy (non-hydrogen) atoms. The van der Waals surface area contributed by atoms with Crippen molar-refractivity contribution < 1.29 is 4.42 Å². The average Bonchev–Trinajstić information content (AvgIpc) is 3.88. The quantitative estimate of drug-likeness (QED) is 0.187. The normalized spacial score (nSPS) is 11.9. The molecule has 0 radical (unpaired) electrons. The van der Waals surface area contributed by atoms with Gasteiger partial charge in [0, 0.05) is 58.4 Å². The maximum atomic E-state index is 6.80. The van der Waals surface area contributed by atoms with Crippen LogP contribution < -0.4 is 0 Å². The molecule has 0 unspecified atom stereocenters. The summed E-state index contributed by atoms with van der Waals surface area (Å²) >= 11 is 1.83. The highest BCUT2D eigenvalue weighted by atomic mass is 32.1. The Hall–Kier alpha value is -6.63. The van der Waals surface area contributed by atoms with Gasteiger partial charge in [-0.05, 0) is 35.9 Å². The second-order valence-corrected chi connectivity index (χ2v) is 13.8. The van der Waals surface area contributed by atoms with E-state index in [9.17, 15) is 0 Å². The molecule has 7 aromatic carbocycles. The van der Waals surface area contributed by atoms with E-state index in [1.165, 1.54) is 20.2 Å². The summed E-state index contributed by atoms with van der Waals surface area (Å²) in [5.74, 6) is 1.77. The summed E-state index contributed by atoms with van der Waals surface area (Å²) in [6, 6.07) is 54.8. The number of hydrogen-bond acceptors (Lipinski definition) is 5. The number of aromatic nitrogens is 4. The molecule has 5 nitrogen and oxygen atoms in total. The van der Waals surface area contributed by atoms with Crippen LogP contribution in [0.1, 0.15) is 0 Å². The van der Waals surface area contributed by atoms with E-state index in [2.05, 4.69) is 120 Å². The van der Waals surface area contributed by atoms with Crippen molar-refractivity contribution in [3.63, 3.8) is 0 Å². The number of hydrogen-bond donors (Lipinski definition) is 0. The van der Waals surface area contributed by atoms with E-state index >= 15 is 0 Å². The first kappa shape index (κ1) is 28.2. The molecule has 4 heterocycles. The van der Waals surface area contributed by atoms with Gasteiger partial charge in [-0.2, -0.15) is 9.97 Å². The topological polar surface area (TPSA) is 56.7 Å². The van der Waals surface area contributed by atoms with Gasteiger partial charge in [-0.1, -0.05) is 127 Å². The maximum Gasteiger partial charge on any atom is 0.238 e. The van der Waals surface area contributed by atoms with Crippen LogP contribution in [0.25, 0.3) is 104 Å². The van der Waals surface area contributed by atoms with Crippen LogP contribution >= 0.6 is 11.3 Å². The fourth-order valence-corrected chi connectivity index (χ4v) is 8.82. The molecule has 0 aliphatic heterocycles. The largest absolute Gasteiger partial charge is 0.455 e. The van der Waals surface area contributed by atoms with Crippen LogP contribution in [-0.4, -0.2) is 19.5 Å². The molecule has 0 spiro atoms. The van der Waals surface area contributed by atoms with E-state index in [1.54, 1.807) is 0 Å². The molecule has 0 fully saturated rings. The van der Waals surface area contributed by atoms with Crippen LogP contribution in [0, 0.1) is 0 Å². The third-order valence-corrected chi connectivity index (χ3v) is 11.0. The van der Waals surface area contributed by atoms with E-state index in [-0.39, 0.29) is 0 Å². The number of rotatable bonds is 4. The van der Waals surface area contributed by atoms with Crippen molar-refractivity contribution in [3.8, 4) is 39.9 Å². The van der Waals surface area contributed by atoms with Gasteiger partial charge in [-0.3, -0.25) is 4.57 Å². The lowest BCUT2D eigenvalue weighted by Gasteiger charge is -2.11. The summed E-state index contributed by atoms with van der Waals surface area (Å²) in [5.41, 5.74) is 7.77. The predicted octanol–water partition coefficient (Wildman–Crippen LogP) is 12.2. The van der Waals surface area contributed by atoms with E-state index in [0.29, 0.717) is 17.6 Å². The first-order valence-electron chi connectivity index (χ1n) is 17.0. The minimum absolute atomic E-state index is 0.567. The molecule has 11 aromatic rings. The standard InChI is InChI=1S/C45H26N4OS/c1-2-13-27(14-3-1)43-46-44(48-45(47-43)49-35-22-7-4-15-28(35)29-16-5-8-23-36(29)49)34-21-11-24-37-40(34)33-20-10-19-31(42(33)50-37)30-18-12-26-39-41(30)32-17-6-9-25-38(32)51-39/h1-26H. The van der Waals surface area contributed by atoms with Crippen LogP contribution in [0.2, 0.25) is 0 Å². The first-order valence-corrected chi connectivity index (χ1v) is 17.8. The molecule has 0 atom stereocenters. The number of fused-ring (bicyclic) bond motifs is 9. The highest BCUT2D eigenvalue weighted by molar-refractivity contribution is 7.25. The van der Waals surface area contributed by atoms with E-state index in [4.69, 9.17) is 19.4 Å². The fourth-order valence-electron chi connectivity index (χ4n) is 7.68. The van der Waals surface area contributed by atoms with Crippen LogP contribution in [-0.2, 0) is 0 Å². The SMILES string of the molecule is c1ccc(-c2nc(-c3cccc4oc5c(-c6cccc7sc8ccccc8c67)cccc5c34)nc(-n3c4ccccc4c4ccccc43)n2)cc1. The van der Waals surface area contributed by atoms with Crippen molar-refractivity contribution in [3.05, 3.63) is 158 Å². The van der Waals surface area contributed by atoms with Gasteiger partial charge in [0.1, 0.15) is 11.2 Å². The Morgan fingerprint density at radius 2 is 1.04 bits per heavy atom. The van der Waals surface area contributed by atoms with Gasteiger partial charge in [-0.15, -0.1) is 11.3 Å². The predicted molar refractivity (Wildman–Crippen MR) is 211 cm³/mol. The summed E-state index contributed by atoms with van der Waals surface area (Å²) in [7, 11) is 0. The molecule has 0 saturated heterocycles. The molecule has 0 aliphatic rings. The fraction of sp³-hybridized carbons (Fsp3) is 0. The molecule has 0 saturated carbocycles. The number of thiophene rings is 1. The zero-order valence-corrected chi connectivity index (χ0v) is 27.9. The number of furan rings is 1. The van der Waals surface area contributed by atoms with Crippen molar-refractivity contribution in [2.24, 2.45) is 0 Å². The molecule has 0 bridgehead atoms. The van der Waals surface area contributed by atoms with Crippen LogP contribution in [0.15, 0.2) is 162 Å². The lowest BCUT2D eigenvalue weighted by atomic mass is 9.97. The third-order valence-electron chi connectivity index (χ3n) is 9.89. The van der Waals surface area contributed by atoms with E-state index < -0.39 is 0 Å². The molecule has 11 rings (SSSR count). The highest BCUT2D eigenvalue weighted by Gasteiger charge is 2.22. The zero-order chi connectivity index (χ0) is 33.5. The first-order chi connectivity index (χ1) is 25.3. The number of nitrogens with zero attached hydrogens (tertiary/aromatic N) is 4. The molecular formula is C45H26N4OS.